The fourth-order valence-electron chi connectivity index (χ4n) is 9.78. The zero-order valence-electron chi connectivity index (χ0n) is 32.1. The maximum atomic E-state index is 14.3. The number of aryl methyl sites for hydroxylation is 1. The number of hydrogen-bond acceptors (Lipinski definition) is 7. The van der Waals surface area contributed by atoms with Gasteiger partial charge in [-0.15, -0.1) is 0 Å². The summed E-state index contributed by atoms with van der Waals surface area (Å²) in [7, 11) is 0.852. The van der Waals surface area contributed by atoms with Crippen LogP contribution < -0.4 is 14.4 Å². The van der Waals surface area contributed by atoms with Gasteiger partial charge in [0, 0.05) is 67.1 Å². The average molecular weight is 765 g/mol. The lowest BCUT2D eigenvalue weighted by Crippen LogP contribution is -2.57. The van der Waals surface area contributed by atoms with Crippen LogP contribution in [0.2, 0.25) is 5.02 Å². The van der Waals surface area contributed by atoms with Crippen LogP contribution in [0.3, 0.4) is 0 Å². The molecule has 2 aliphatic carbocycles. The summed E-state index contributed by atoms with van der Waals surface area (Å²) >= 11 is 6.50. The number of nitrogens with zero attached hydrogens (tertiary/aromatic N) is 3. The van der Waals surface area contributed by atoms with E-state index in [2.05, 4.69) is 58.6 Å². The second-order valence-corrected chi connectivity index (χ2v) is 19.6. The van der Waals surface area contributed by atoms with Gasteiger partial charge in [-0.25, -0.2) is 4.21 Å². The predicted octanol–water partition coefficient (Wildman–Crippen LogP) is 6.12. The third kappa shape index (κ3) is 7.38. The molecule has 7 rings (SSSR count). The number of carbonyl (C=O) groups excluding carboxylic acids is 2. The van der Waals surface area contributed by atoms with Gasteiger partial charge in [0.1, 0.15) is 5.75 Å². The van der Waals surface area contributed by atoms with Crippen molar-refractivity contribution in [2.45, 2.75) is 88.0 Å². The Bertz CT molecular complexity index is 1870. The Morgan fingerprint density at radius 1 is 1.13 bits per heavy atom. The lowest BCUT2D eigenvalue weighted by molar-refractivity contribution is -0.146. The van der Waals surface area contributed by atoms with Gasteiger partial charge < -0.3 is 24.2 Å². The van der Waals surface area contributed by atoms with E-state index in [1.165, 1.54) is 11.1 Å². The summed E-state index contributed by atoms with van der Waals surface area (Å²) in [5, 5.41) is 0.345. The summed E-state index contributed by atoms with van der Waals surface area (Å²) in [6, 6.07) is 11.9. The third-order valence-electron chi connectivity index (χ3n) is 13.3. The molecule has 2 amide bonds. The van der Waals surface area contributed by atoms with Crippen molar-refractivity contribution in [3.05, 3.63) is 70.3 Å². The van der Waals surface area contributed by atoms with E-state index in [-0.39, 0.29) is 41.5 Å². The molecule has 1 spiro atoms. The minimum absolute atomic E-state index is 0.0510. The predicted molar refractivity (Wildman–Crippen MR) is 215 cm³/mol. The molecule has 2 aromatic carbocycles. The van der Waals surface area contributed by atoms with Crippen LogP contribution in [0.15, 0.2) is 48.6 Å². The van der Waals surface area contributed by atoms with Crippen LogP contribution in [0.5, 0.6) is 5.75 Å². The number of carbonyl (C=O) groups is 2. The maximum Gasteiger partial charge on any atom is 0.262 e. The summed E-state index contributed by atoms with van der Waals surface area (Å²) in [4.78, 5) is 34.8. The van der Waals surface area contributed by atoms with Crippen molar-refractivity contribution in [2.75, 3.05) is 58.4 Å². The molecule has 8 atom stereocenters. The van der Waals surface area contributed by atoms with Crippen molar-refractivity contribution in [3.8, 4) is 5.75 Å². The average Bonchev–Trinajstić information content (AvgIpc) is 3.25. The number of rotatable bonds is 3. The SMILES string of the molecule is C=S1(=O)NC(=O)c2ccc3c(c2)N(C[C@@H]2CC[C@H]2[C@@](CC(=O)N2CCN(C)C[C@H]2C)(OC)/C=C/C[C@H](C)[C@H]1C)C[C@@]1(CCCc2cc(Cl)ccc21)CO3. The van der Waals surface area contributed by atoms with Crippen LogP contribution in [0, 0.1) is 17.8 Å². The number of nitrogens with one attached hydrogen (secondary N) is 1. The lowest BCUT2D eigenvalue weighted by atomic mass is 9.62. The molecule has 1 saturated carbocycles. The molecular formula is C42H57ClN4O5S. The second kappa shape index (κ2) is 14.9. The van der Waals surface area contributed by atoms with E-state index in [0.29, 0.717) is 38.2 Å². The minimum atomic E-state index is -3.01. The van der Waals surface area contributed by atoms with Gasteiger partial charge >= 0.3 is 0 Å². The van der Waals surface area contributed by atoms with Crippen molar-refractivity contribution in [1.29, 1.82) is 0 Å². The van der Waals surface area contributed by atoms with Gasteiger partial charge in [0.05, 0.1) is 34.0 Å². The van der Waals surface area contributed by atoms with E-state index >= 15 is 0 Å². The molecule has 288 valence electrons. The van der Waals surface area contributed by atoms with Crippen molar-refractivity contribution < 1.29 is 23.3 Å². The minimum Gasteiger partial charge on any atom is -0.490 e. The third-order valence-corrected chi connectivity index (χ3v) is 15.8. The Morgan fingerprint density at radius 3 is 2.68 bits per heavy atom. The van der Waals surface area contributed by atoms with Gasteiger partial charge in [0.15, 0.2) is 0 Å². The molecule has 5 aliphatic rings. The molecule has 2 aromatic rings. The van der Waals surface area contributed by atoms with Gasteiger partial charge in [-0.1, -0.05) is 36.7 Å². The highest BCUT2D eigenvalue weighted by atomic mass is 35.5. The number of hydrogen-bond donors (Lipinski definition) is 1. The molecule has 11 heteroatoms. The number of methoxy groups -OCH3 is 1. The van der Waals surface area contributed by atoms with Crippen molar-refractivity contribution in [2.24, 2.45) is 17.8 Å². The number of anilines is 1. The van der Waals surface area contributed by atoms with Crippen LogP contribution in [0.1, 0.15) is 80.8 Å². The fraction of sp³-hybridized carbons (Fsp3) is 0.595. The smallest absolute Gasteiger partial charge is 0.262 e. The summed E-state index contributed by atoms with van der Waals surface area (Å²) in [5.41, 5.74) is 2.74. The van der Waals surface area contributed by atoms with Gasteiger partial charge in [-0.3, -0.25) is 14.3 Å². The van der Waals surface area contributed by atoms with E-state index in [9.17, 15) is 13.8 Å². The van der Waals surface area contributed by atoms with Crippen LogP contribution in [0.25, 0.3) is 0 Å². The highest BCUT2D eigenvalue weighted by Gasteiger charge is 2.50. The zero-order chi connectivity index (χ0) is 37.7. The van der Waals surface area contributed by atoms with E-state index in [4.69, 9.17) is 21.1 Å². The number of fused-ring (bicyclic) bond motifs is 4. The standard InChI is InChI=1S/C42H57ClN4O5S/c1-28-9-7-18-42(51-5,23-39(48)47-20-19-45(4)24-29(47)2)36-14-11-33(36)25-46-26-41(17-8-10-31-21-34(43)13-15-35(31)41)27-52-38-16-12-32(22-37(38)46)40(49)44-53(6,50)30(28)3/h7,12-13,15-16,18,21-22,28-30,33,36H,6,8-11,14,17,19-20,23-27H2,1-5H3,(H,44,49,50)/b18-7+/t28-,29+,30+,33-,36+,41-,42+,53?/m0/s1. The van der Waals surface area contributed by atoms with Gasteiger partial charge in [0.2, 0.25) is 5.91 Å². The van der Waals surface area contributed by atoms with Crippen LogP contribution in [0.4, 0.5) is 5.69 Å². The molecule has 1 N–H and O–H groups in total. The van der Waals surface area contributed by atoms with E-state index in [1.807, 2.05) is 36.9 Å². The first-order valence-electron chi connectivity index (χ1n) is 19.4. The van der Waals surface area contributed by atoms with Crippen LogP contribution in [-0.4, -0.2) is 102 Å². The molecule has 3 heterocycles. The topological polar surface area (TPSA) is 91.4 Å². The Morgan fingerprint density at radius 2 is 1.94 bits per heavy atom. The molecule has 3 aliphatic heterocycles. The molecule has 9 nitrogen and oxygen atoms in total. The number of amides is 2. The number of benzene rings is 2. The van der Waals surface area contributed by atoms with Crippen molar-refractivity contribution in [1.82, 2.24) is 14.5 Å². The Balaban J connectivity index is 1.30. The number of halogens is 1. The first-order chi connectivity index (χ1) is 25.2. The van der Waals surface area contributed by atoms with E-state index < -0.39 is 26.5 Å². The van der Waals surface area contributed by atoms with Gasteiger partial charge in [-0.05, 0) is 125 Å². The molecule has 0 radical (unpaired) electrons. The molecule has 2 bridgehead atoms. The first-order valence-corrected chi connectivity index (χ1v) is 21.6. The van der Waals surface area contributed by atoms with E-state index in [1.54, 1.807) is 13.2 Å². The summed E-state index contributed by atoms with van der Waals surface area (Å²) < 4.78 is 30.1. The largest absolute Gasteiger partial charge is 0.490 e. The molecule has 0 aromatic heterocycles. The van der Waals surface area contributed by atoms with Crippen LogP contribution in [-0.2, 0) is 31.1 Å². The van der Waals surface area contributed by atoms with Crippen molar-refractivity contribution in [3.63, 3.8) is 0 Å². The Labute approximate surface area is 321 Å². The molecule has 2 fully saturated rings. The second-order valence-electron chi connectivity index (χ2n) is 16.7. The summed E-state index contributed by atoms with van der Waals surface area (Å²) in [5.74, 6) is 4.77. The molecule has 1 saturated heterocycles. The lowest BCUT2D eigenvalue weighted by Gasteiger charge is -2.51. The molecule has 1 unspecified atom stereocenters. The summed E-state index contributed by atoms with van der Waals surface area (Å²) in [6.45, 7) is 10.4. The molecule has 53 heavy (non-hydrogen) atoms. The highest BCUT2D eigenvalue weighted by Crippen LogP contribution is 2.50. The summed E-state index contributed by atoms with van der Waals surface area (Å²) in [6.07, 6.45) is 10.1. The molecular weight excluding hydrogens is 708 g/mol. The number of ether oxygens (including phenoxy) is 2. The number of likely N-dealkylation sites (N-methyl/N-ethyl adjacent to an activating group) is 1. The Kier molecular flexibility index (Phi) is 10.7. The zero-order valence-corrected chi connectivity index (χ0v) is 33.6. The van der Waals surface area contributed by atoms with Gasteiger partial charge in [0.25, 0.3) is 5.91 Å². The van der Waals surface area contributed by atoms with Gasteiger partial charge in [-0.2, -0.15) is 0 Å². The fourth-order valence-corrected chi connectivity index (χ4v) is 11.5. The number of piperazine rings is 1. The monoisotopic (exact) mass is 764 g/mol. The number of allylic oxidation sites excluding steroid dienone is 1. The van der Waals surface area contributed by atoms with E-state index in [0.717, 1.165) is 61.7 Å². The Hall–Kier alpha value is -3.05. The normalized spacial score (nSPS) is 35.6. The maximum absolute atomic E-state index is 14.3. The van der Waals surface area contributed by atoms with Crippen molar-refractivity contribution >= 4 is 44.7 Å². The van der Waals surface area contributed by atoms with Crippen LogP contribution >= 0.6 is 11.6 Å². The first kappa shape index (κ1) is 38.2. The highest BCUT2D eigenvalue weighted by molar-refractivity contribution is 7.99. The quantitative estimate of drug-likeness (QED) is 0.298.